The first-order valence-corrected chi connectivity index (χ1v) is 8.69. The number of carbonyl (C=O) groups excluding carboxylic acids is 1. The van der Waals surface area contributed by atoms with Crippen LogP contribution in [0.4, 0.5) is 4.79 Å². The largest absolute Gasteiger partial charge is 0.444 e. The van der Waals surface area contributed by atoms with E-state index >= 15 is 0 Å². The molecule has 0 aromatic rings. The number of nitrogens with zero attached hydrogens (tertiary/aromatic N) is 2. The number of rotatable bonds is 5. The molecule has 1 aliphatic heterocycles. The number of ether oxygens (including phenoxy) is 1. The van der Waals surface area contributed by atoms with Gasteiger partial charge >= 0.3 is 6.09 Å². The van der Waals surface area contributed by atoms with E-state index in [9.17, 15) is 4.79 Å². The van der Waals surface area contributed by atoms with E-state index in [1.165, 1.54) is 0 Å². The molecule has 1 fully saturated rings. The van der Waals surface area contributed by atoms with Gasteiger partial charge in [-0.3, -0.25) is 4.99 Å². The second-order valence-electron chi connectivity index (χ2n) is 7.77. The zero-order valence-electron chi connectivity index (χ0n) is 15.8. The zero-order valence-corrected chi connectivity index (χ0v) is 18.1. The zero-order chi connectivity index (χ0) is 17.5. The lowest BCUT2D eigenvalue weighted by Gasteiger charge is -2.33. The molecule has 3 N–H and O–H groups in total. The van der Waals surface area contributed by atoms with Gasteiger partial charge in [0.2, 0.25) is 0 Å². The molecule has 7 heteroatoms. The van der Waals surface area contributed by atoms with Gasteiger partial charge in [-0.25, -0.2) is 4.79 Å². The molecular weight excluding hydrogens is 419 g/mol. The molecule has 0 aromatic carbocycles. The van der Waals surface area contributed by atoms with Crippen molar-refractivity contribution in [2.75, 3.05) is 26.2 Å². The van der Waals surface area contributed by atoms with Crippen LogP contribution in [0.25, 0.3) is 0 Å². The smallest absolute Gasteiger partial charge is 0.410 e. The molecule has 1 unspecified atom stereocenters. The van der Waals surface area contributed by atoms with Crippen molar-refractivity contribution in [2.24, 2.45) is 22.6 Å². The second-order valence-corrected chi connectivity index (χ2v) is 7.77. The first-order chi connectivity index (χ1) is 10.7. The Hall–Kier alpha value is -0.730. The number of hydrogen-bond acceptors (Lipinski definition) is 3. The van der Waals surface area contributed by atoms with Crippen LogP contribution >= 0.6 is 24.0 Å². The van der Waals surface area contributed by atoms with E-state index in [-0.39, 0.29) is 30.1 Å². The highest BCUT2D eigenvalue weighted by atomic mass is 127. The Balaban J connectivity index is 0.00000529. The number of nitrogens with one attached hydrogen (secondary N) is 1. The number of amides is 1. The first-order valence-electron chi connectivity index (χ1n) is 8.69. The van der Waals surface area contributed by atoms with Gasteiger partial charge in [-0.05, 0) is 51.9 Å². The lowest BCUT2D eigenvalue weighted by atomic mass is 9.98. The number of nitrogens with two attached hydrogens (primary N) is 1. The predicted octanol–water partition coefficient (Wildman–Crippen LogP) is 3.20. The van der Waals surface area contributed by atoms with Crippen molar-refractivity contribution in [3.05, 3.63) is 0 Å². The molecule has 142 valence electrons. The molecule has 1 amide bonds. The second kappa shape index (κ2) is 11.0. The molecule has 1 atom stereocenters. The van der Waals surface area contributed by atoms with Gasteiger partial charge in [0.25, 0.3) is 0 Å². The third kappa shape index (κ3) is 10.2. The number of aliphatic imine (C=N–C) groups is 1. The fraction of sp³-hybridized carbons (Fsp3) is 0.882. The van der Waals surface area contributed by atoms with Crippen LogP contribution in [-0.4, -0.2) is 48.7 Å². The van der Waals surface area contributed by atoms with Crippen LogP contribution in [-0.2, 0) is 4.74 Å². The molecule has 1 rings (SSSR count). The van der Waals surface area contributed by atoms with E-state index in [2.05, 4.69) is 24.2 Å². The van der Waals surface area contributed by atoms with E-state index in [0.717, 1.165) is 32.4 Å². The van der Waals surface area contributed by atoms with E-state index < -0.39 is 5.60 Å². The lowest BCUT2D eigenvalue weighted by molar-refractivity contribution is 0.0171. The molecule has 1 aliphatic rings. The summed E-state index contributed by atoms with van der Waals surface area (Å²) in [6.45, 7) is 13.0. The summed E-state index contributed by atoms with van der Waals surface area (Å²) in [5.41, 5.74) is 5.44. The Bertz CT molecular complexity index is 408. The van der Waals surface area contributed by atoms with Crippen molar-refractivity contribution in [1.82, 2.24) is 10.2 Å². The topological polar surface area (TPSA) is 80.0 Å². The van der Waals surface area contributed by atoms with Crippen molar-refractivity contribution in [3.8, 4) is 0 Å². The standard InChI is InChI=1S/C17H34N4O2.HI/c1-13(2)8-9-19-15(18)20-11-14-7-6-10-21(12-14)16(22)23-17(3,4)5;/h13-14H,6-12H2,1-5H3,(H3,18,19,20);1H. The van der Waals surface area contributed by atoms with E-state index in [1.54, 1.807) is 4.90 Å². The number of halogens is 1. The fourth-order valence-electron chi connectivity index (χ4n) is 2.48. The predicted molar refractivity (Wildman–Crippen MR) is 110 cm³/mol. The minimum Gasteiger partial charge on any atom is -0.444 e. The summed E-state index contributed by atoms with van der Waals surface area (Å²) in [7, 11) is 0. The molecule has 6 nitrogen and oxygen atoms in total. The van der Waals surface area contributed by atoms with Gasteiger partial charge in [0, 0.05) is 26.2 Å². The van der Waals surface area contributed by atoms with Gasteiger partial charge in [0.15, 0.2) is 5.96 Å². The SMILES string of the molecule is CC(C)CCNC(N)=NCC1CCCN(C(=O)OC(C)(C)C)C1.I. The van der Waals surface area contributed by atoms with E-state index in [0.29, 0.717) is 30.9 Å². The maximum absolute atomic E-state index is 12.1. The Morgan fingerprint density at radius 1 is 1.42 bits per heavy atom. The minimum atomic E-state index is -0.451. The van der Waals surface area contributed by atoms with Crippen molar-refractivity contribution in [3.63, 3.8) is 0 Å². The Kier molecular flexibility index (Phi) is 10.7. The lowest BCUT2D eigenvalue weighted by Crippen LogP contribution is -2.43. The average Bonchev–Trinajstić information content (AvgIpc) is 2.43. The maximum Gasteiger partial charge on any atom is 0.410 e. The number of carbonyl (C=O) groups is 1. The monoisotopic (exact) mass is 454 g/mol. The highest BCUT2D eigenvalue weighted by Gasteiger charge is 2.27. The molecular formula is C17H35IN4O2. The van der Waals surface area contributed by atoms with Crippen LogP contribution in [0.15, 0.2) is 4.99 Å². The Morgan fingerprint density at radius 2 is 2.08 bits per heavy atom. The molecule has 0 aromatic heterocycles. The molecule has 1 heterocycles. The van der Waals surface area contributed by atoms with Crippen LogP contribution < -0.4 is 11.1 Å². The normalized spacial score (nSPS) is 19.0. The first kappa shape index (κ1) is 23.3. The molecule has 0 saturated carbocycles. The van der Waals surface area contributed by atoms with Crippen LogP contribution in [0, 0.1) is 11.8 Å². The molecule has 0 bridgehead atoms. The highest BCUT2D eigenvalue weighted by molar-refractivity contribution is 14.0. The molecule has 0 aliphatic carbocycles. The molecule has 0 radical (unpaired) electrons. The Morgan fingerprint density at radius 3 is 2.67 bits per heavy atom. The summed E-state index contributed by atoms with van der Waals surface area (Å²) in [6.07, 6.45) is 2.91. The van der Waals surface area contributed by atoms with Gasteiger partial charge in [-0.2, -0.15) is 0 Å². The third-order valence-electron chi connectivity index (χ3n) is 3.72. The quantitative estimate of drug-likeness (QED) is 0.380. The molecule has 1 saturated heterocycles. The van der Waals surface area contributed by atoms with Gasteiger partial charge in [0.1, 0.15) is 5.60 Å². The van der Waals surface area contributed by atoms with Crippen molar-refractivity contribution in [1.29, 1.82) is 0 Å². The van der Waals surface area contributed by atoms with Crippen molar-refractivity contribution >= 4 is 36.0 Å². The summed E-state index contributed by atoms with van der Waals surface area (Å²) in [6, 6.07) is 0. The molecule has 0 spiro atoms. The molecule has 24 heavy (non-hydrogen) atoms. The number of likely N-dealkylation sites (tertiary alicyclic amines) is 1. The van der Waals surface area contributed by atoms with Crippen LogP contribution in [0.5, 0.6) is 0 Å². The maximum atomic E-state index is 12.1. The summed E-state index contributed by atoms with van der Waals surface area (Å²) in [5, 5.41) is 3.14. The summed E-state index contributed by atoms with van der Waals surface area (Å²) >= 11 is 0. The van der Waals surface area contributed by atoms with Gasteiger partial charge in [-0.1, -0.05) is 13.8 Å². The number of hydrogen-bond donors (Lipinski definition) is 2. The number of piperidine rings is 1. The van der Waals surface area contributed by atoms with Gasteiger partial charge in [-0.15, -0.1) is 24.0 Å². The van der Waals surface area contributed by atoms with Gasteiger partial charge in [0.05, 0.1) is 0 Å². The summed E-state index contributed by atoms with van der Waals surface area (Å²) in [4.78, 5) is 18.3. The van der Waals surface area contributed by atoms with Crippen molar-refractivity contribution < 1.29 is 9.53 Å². The van der Waals surface area contributed by atoms with Gasteiger partial charge < -0.3 is 20.7 Å². The van der Waals surface area contributed by atoms with E-state index in [1.807, 2.05) is 20.8 Å². The van der Waals surface area contributed by atoms with E-state index in [4.69, 9.17) is 10.5 Å². The van der Waals surface area contributed by atoms with Crippen LogP contribution in [0.2, 0.25) is 0 Å². The number of guanidine groups is 1. The average molecular weight is 454 g/mol. The summed E-state index contributed by atoms with van der Waals surface area (Å²) < 4.78 is 5.44. The Labute approximate surface area is 164 Å². The summed E-state index contributed by atoms with van der Waals surface area (Å²) in [5.74, 6) is 1.50. The minimum absolute atomic E-state index is 0. The van der Waals surface area contributed by atoms with Crippen LogP contribution in [0.3, 0.4) is 0 Å². The fourth-order valence-corrected chi connectivity index (χ4v) is 2.48. The highest BCUT2D eigenvalue weighted by Crippen LogP contribution is 2.19. The third-order valence-corrected chi connectivity index (χ3v) is 3.72. The van der Waals surface area contributed by atoms with Crippen molar-refractivity contribution in [2.45, 2.75) is 59.5 Å². The van der Waals surface area contributed by atoms with Crippen LogP contribution in [0.1, 0.15) is 53.9 Å².